The normalized spacial score (nSPS) is 14.6. The summed E-state index contributed by atoms with van der Waals surface area (Å²) in [5.41, 5.74) is 1.36. The Morgan fingerprint density at radius 2 is 2.28 bits per heavy atom. The number of benzene rings is 1. The van der Waals surface area contributed by atoms with Crippen molar-refractivity contribution in [2.75, 3.05) is 23.9 Å². The molecule has 1 amide bonds. The second-order valence-corrected chi connectivity index (χ2v) is 5.00. The third-order valence-corrected chi connectivity index (χ3v) is 3.88. The highest BCUT2D eigenvalue weighted by molar-refractivity contribution is 8.00. The van der Waals surface area contributed by atoms with Crippen LogP contribution in [0, 0.1) is 0 Å². The quantitative estimate of drug-likeness (QED) is 0.787. The Hall–Kier alpha value is -1.36. The van der Waals surface area contributed by atoms with Crippen LogP contribution in [0.3, 0.4) is 0 Å². The van der Waals surface area contributed by atoms with E-state index in [1.165, 1.54) is 16.7 Å². The summed E-state index contributed by atoms with van der Waals surface area (Å²) < 4.78 is 12.5. The number of hydrogen-bond acceptors (Lipinski definition) is 3. The van der Waals surface area contributed by atoms with E-state index in [-0.39, 0.29) is 18.2 Å². The minimum absolute atomic E-state index is 0.0762. The second-order valence-electron chi connectivity index (χ2n) is 3.98. The van der Waals surface area contributed by atoms with Crippen LogP contribution in [0.1, 0.15) is 23.7 Å². The zero-order valence-corrected chi connectivity index (χ0v) is 10.9. The molecule has 18 heavy (non-hydrogen) atoms. The van der Waals surface area contributed by atoms with Gasteiger partial charge >= 0.3 is 0 Å². The number of anilines is 1. The van der Waals surface area contributed by atoms with Crippen LogP contribution in [-0.2, 0) is 4.79 Å². The Kier molecular flexibility index (Phi) is 4.01. The number of carbonyl (C=O) groups excluding carboxylic acids is 2. The maximum atomic E-state index is 12.5. The van der Waals surface area contributed by atoms with Gasteiger partial charge in [-0.25, -0.2) is 4.39 Å². The summed E-state index contributed by atoms with van der Waals surface area (Å²) >= 11 is 1.40. The van der Waals surface area contributed by atoms with Gasteiger partial charge in [0.25, 0.3) is 0 Å². The first-order chi connectivity index (χ1) is 8.67. The second kappa shape index (κ2) is 5.52. The van der Waals surface area contributed by atoms with Crippen LogP contribution < -0.4 is 4.90 Å². The maximum absolute atomic E-state index is 12.5. The van der Waals surface area contributed by atoms with E-state index >= 15 is 0 Å². The molecule has 0 N–H and O–H groups in total. The summed E-state index contributed by atoms with van der Waals surface area (Å²) in [6.45, 7) is 1.33. The van der Waals surface area contributed by atoms with E-state index < -0.39 is 6.67 Å². The van der Waals surface area contributed by atoms with Gasteiger partial charge in [0.05, 0.1) is 18.0 Å². The molecule has 0 aromatic heterocycles. The van der Waals surface area contributed by atoms with E-state index in [0.29, 0.717) is 23.4 Å². The zero-order valence-electron chi connectivity index (χ0n) is 10.1. The number of rotatable bonds is 4. The lowest BCUT2D eigenvalue weighted by atomic mass is 10.1. The lowest BCUT2D eigenvalue weighted by Crippen LogP contribution is -2.36. The lowest BCUT2D eigenvalue weighted by molar-refractivity contribution is -0.116. The topological polar surface area (TPSA) is 37.4 Å². The van der Waals surface area contributed by atoms with Crippen molar-refractivity contribution >= 4 is 29.1 Å². The number of nitrogens with zero attached hydrogens (tertiary/aromatic N) is 1. The number of hydrogen-bond donors (Lipinski definition) is 0. The first-order valence-corrected chi connectivity index (χ1v) is 6.82. The highest BCUT2D eigenvalue weighted by atomic mass is 32.2. The van der Waals surface area contributed by atoms with E-state index in [4.69, 9.17) is 0 Å². The van der Waals surface area contributed by atoms with E-state index in [9.17, 15) is 14.0 Å². The number of ketones is 1. The summed E-state index contributed by atoms with van der Waals surface area (Å²) in [7, 11) is 0. The van der Waals surface area contributed by atoms with Crippen molar-refractivity contribution in [2.24, 2.45) is 0 Å². The van der Waals surface area contributed by atoms with Crippen LogP contribution in [0.25, 0.3) is 0 Å². The first kappa shape index (κ1) is 13.1. The molecule has 0 unspecified atom stereocenters. The van der Waals surface area contributed by atoms with Crippen LogP contribution in [0.2, 0.25) is 0 Å². The molecule has 5 heteroatoms. The molecule has 1 aromatic rings. The van der Waals surface area contributed by atoms with Crippen molar-refractivity contribution in [3.63, 3.8) is 0 Å². The van der Waals surface area contributed by atoms with Crippen LogP contribution in [0.5, 0.6) is 0 Å². The fourth-order valence-electron chi connectivity index (χ4n) is 1.91. The van der Waals surface area contributed by atoms with Gasteiger partial charge in [-0.2, -0.15) is 0 Å². The van der Waals surface area contributed by atoms with Crippen molar-refractivity contribution in [3.8, 4) is 0 Å². The van der Waals surface area contributed by atoms with Crippen LogP contribution in [0.4, 0.5) is 10.1 Å². The third kappa shape index (κ3) is 2.41. The van der Waals surface area contributed by atoms with E-state index in [2.05, 4.69) is 0 Å². The monoisotopic (exact) mass is 267 g/mol. The van der Waals surface area contributed by atoms with Crippen LogP contribution in [-0.4, -0.2) is 30.7 Å². The zero-order chi connectivity index (χ0) is 13.1. The number of fused-ring (bicyclic) bond motifs is 1. The summed E-state index contributed by atoms with van der Waals surface area (Å²) in [6.07, 6.45) is 0.455. The molecule has 1 aliphatic rings. The molecular weight excluding hydrogens is 253 g/mol. The molecule has 1 aromatic carbocycles. The predicted octanol–water partition coefficient (Wildman–Crippen LogP) is 2.69. The van der Waals surface area contributed by atoms with Gasteiger partial charge in [0.15, 0.2) is 5.78 Å². The number of carbonyl (C=O) groups is 2. The molecule has 0 spiro atoms. The lowest BCUT2D eigenvalue weighted by Gasteiger charge is -2.28. The molecule has 0 atom stereocenters. The summed E-state index contributed by atoms with van der Waals surface area (Å²) in [5, 5.41) is 0. The van der Waals surface area contributed by atoms with Crippen LogP contribution in [0.15, 0.2) is 23.1 Å². The highest BCUT2D eigenvalue weighted by Gasteiger charge is 2.24. The molecule has 3 nitrogen and oxygen atoms in total. The number of halogens is 1. The van der Waals surface area contributed by atoms with Crippen molar-refractivity contribution in [1.82, 2.24) is 0 Å². The Bertz CT molecular complexity index is 490. The SMILES string of the molecule is CCC(=O)c1ccc2c(c1)SCC(=O)N2CCF. The van der Waals surface area contributed by atoms with Gasteiger partial charge in [-0.3, -0.25) is 9.59 Å². The van der Waals surface area contributed by atoms with Crippen molar-refractivity contribution in [1.29, 1.82) is 0 Å². The fourth-order valence-corrected chi connectivity index (χ4v) is 2.88. The first-order valence-electron chi connectivity index (χ1n) is 5.83. The molecule has 0 saturated carbocycles. The molecule has 96 valence electrons. The minimum atomic E-state index is -0.564. The molecular formula is C13H14FNO2S. The molecule has 0 bridgehead atoms. The molecule has 1 aliphatic heterocycles. The smallest absolute Gasteiger partial charge is 0.237 e. The molecule has 1 heterocycles. The number of thioether (sulfide) groups is 1. The van der Waals surface area contributed by atoms with Gasteiger partial charge in [0.2, 0.25) is 5.91 Å². The van der Waals surface area contributed by atoms with Crippen LogP contribution >= 0.6 is 11.8 Å². The Morgan fingerprint density at radius 3 is 2.94 bits per heavy atom. The molecule has 0 radical (unpaired) electrons. The van der Waals surface area contributed by atoms with E-state index in [0.717, 1.165) is 4.90 Å². The van der Waals surface area contributed by atoms with Gasteiger partial charge in [-0.05, 0) is 18.2 Å². The predicted molar refractivity (Wildman–Crippen MR) is 70.1 cm³/mol. The van der Waals surface area contributed by atoms with Gasteiger partial charge < -0.3 is 4.90 Å². The van der Waals surface area contributed by atoms with Gasteiger partial charge in [0.1, 0.15) is 6.67 Å². The number of Topliss-reactive ketones (excluding diaryl/α,β-unsaturated/α-hetero) is 1. The average Bonchev–Trinajstić information content (AvgIpc) is 2.40. The van der Waals surface area contributed by atoms with Crippen molar-refractivity contribution < 1.29 is 14.0 Å². The number of alkyl halides is 1. The van der Waals surface area contributed by atoms with E-state index in [1.54, 1.807) is 18.2 Å². The number of amides is 1. The average molecular weight is 267 g/mol. The van der Waals surface area contributed by atoms with Crippen molar-refractivity contribution in [3.05, 3.63) is 23.8 Å². The summed E-state index contributed by atoms with van der Waals surface area (Å²) in [4.78, 5) is 25.6. The third-order valence-electron chi connectivity index (χ3n) is 2.85. The largest absolute Gasteiger partial charge is 0.308 e. The molecule has 0 saturated heterocycles. The fraction of sp³-hybridized carbons (Fsp3) is 0.385. The van der Waals surface area contributed by atoms with Gasteiger partial charge in [-0.1, -0.05) is 6.92 Å². The summed E-state index contributed by atoms with van der Waals surface area (Å²) in [5.74, 6) is 0.295. The molecule has 0 fully saturated rings. The van der Waals surface area contributed by atoms with E-state index in [1.807, 2.05) is 6.92 Å². The standard InChI is InChI=1S/C13H14FNO2S/c1-2-11(16)9-3-4-10-12(7-9)18-8-13(17)15(10)6-5-14/h3-4,7H,2,5-6,8H2,1H3. The summed E-state index contributed by atoms with van der Waals surface area (Å²) in [6, 6.07) is 5.23. The Balaban J connectivity index is 2.36. The molecule has 0 aliphatic carbocycles. The van der Waals surface area contributed by atoms with Gasteiger partial charge in [-0.15, -0.1) is 11.8 Å². The maximum Gasteiger partial charge on any atom is 0.237 e. The minimum Gasteiger partial charge on any atom is -0.308 e. The highest BCUT2D eigenvalue weighted by Crippen LogP contribution is 2.36. The Morgan fingerprint density at radius 1 is 1.50 bits per heavy atom. The molecule has 2 rings (SSSR count). The van der Waals surface area contributed by atoms with Crippen molar-refractivity contribution in [2.45, 2.75) is 18.2 Å². The van der Waals surface area contributed by atoms with Gasteiger partial charge in [0, 0.05) is 16.9 Å². The Labute approximate surface area is 109 Å².